The van der Waals surface area contributed by atoms with Crippen molar-refractivity contribution >= 4 is 0 Å². The van der Waals surface area contributed by atoms with E-state index in [9.17, 15) is 0 Å². The van der Waals surface area contributed by atoms with Crippen molar-refractivity contribution in [2.45, 2.75) is 71.8 Å². The summed E-state index contributed by atoms with van der Waals surface area (Å²) in [6, 6.07) is 0. The van der Waals surface area contributed by atoms with Gasteiger partial charge in [-0.05, 0) is 6.42 Å². The van der Waals surface area contributed by atoms with Gasteiger partial charge in [0.2, 0.25) is 0 Å². The molecule has 0 saturated carbocycles. The number of aromatic nitrogens is 3. The van der Waals surface area contributed by atoms with Gasteiger partial charge in [-0.25, -0.2) is 0 Å². The van der Waals surface area contributed by atoms with Crippen LogP contribution in [0.5, 0.6) is 0 Å². The molecule has 1 heterocycles. The predicted molar refractivity (Wildman–Crippen MR) is 67.5 cm³/mol. The lowest BCUT2D eigenvalue weighted by Crippen LogP contribution is -2.11. The molecule has 1 aromatic rings. The summed E-state index contributed by atoms with van der Waals surface area (Å²) in [5.41, 5.74) is 1.20. The average Bonchev–Trinajstić information content (AvgIpc) is 2.65. The van der Waals surface area contributed by atoms with E-state index >= 15 is 0 Å². The van der Waals surface area contributed by atoms with Gasteiger partial charge < -0.3 is 0 Å². The topological polar surface area (TPSA) is 30.7 Å². The highest BCUT2D eigenvalue weighted by Gasteiger charge is 2.17. The van der Waals surface area contributed by atoms with Gasteiger partial charge in [0.1, 0.15) is 0 Å². The third kappa shape index (κ3) is 4.33. The number of hydrogen-bond acceptors (Lipinski definition) is 2. The minimum Gasteiger partial charge on any atom is -0.252 e. The molecule has 0 N–H and O–H groups in total. The molecule has 0 radical (unpaired) electrons. The summed E-state index contributed by atoms with van der Waals surface area (Å²) < 4.78 is 1.98. The number of unbranched alkanes of at least 4 members (excludes halogenated alkanes) is 4. The zero-order valence-corrected chi connectivity index (χ0v) is 11.2. The lowest BCUT2D eigenvalue weighted by atomic mass is 9.93. The van der Waals surface area contributed by atoms with Gasteiger partial charge in [-0.3, -0.25) is 4.68 Å². The number of aryl methyl sites for hydroxylation is 1. The molecule has 0 saturated heterocycles. The smallest absolute Gasteiger partial charge is 0.0880 e. The zero-order chi connectivity index (χ0) is 12.0. The lowest BCUT2D eigenvalue weighted by molar-refractivity contribution is 0.521. The molecule has 0 aliphatic rings. The van der Waals surface area contributed by atoms with Crippen LogP contribution in [0.4, 0.5) is 0 Å². The normalized spacial score (nSPS) is 12.0. The third-order valence-electron chi connectivity index (χ3n) is 2.80. The van der Waals surface area contributed by atoms with Crippen molar-refractivity contribution in [2.75, 3.05) is 0 Å². The van der Waals surface area contributed by atoms with E-state index in [4.69, 9.17) is 0 Å². The summed E-state index contributed by atoms with van der Waals surface area (Å²) >= 11 is 0. The lowest BCUT2D eigenvalue weighted by Gasteiger charge is -2.12. The molecule has 0 fully saturated rings. The maximum Gasteiger partial charge on any atom is 0.0880 e. The van der Waals surface area contributed by atoms with Crippen molar-refractivity contribution in [3.8, 4) is 0 Å². The van der Waals surface area contributed by atoms with Crippen LogP contribution in [-0.2, 0) is 12.0 Å². The molecule has 0 aromatic carbocycles. The molecule has 0 bridgehead atoms. The summed E-state index contributed by atoms with van der Waals surface area (Å²) in [4.78, 5) is 0. The summed E-state index contributed by atoms with van der Waals surface area (Å²) in [6.45, 7) is 9.76. The molecular formula is C13H25N3. The fourth-order valence-corrected chi connectivity index (χ4v) is 1.63. The minimum absolute atomic E-state index is 0.112. The van der Waals surface area contributed by atoms with E-state index < -0.39 is 0 Å². The van der Waals surface area contributed by atoms with Crippen LogP contribution in [0.15, 0.2) is 6.20 Å². The van der Waals surface area contributed by atoms with Crippen molar-refractivity contribution in [1.82, 2.24) is 15.0 Å². The second-order valence-corrected chi connectivity index (χ2v) is 5.53. The first-order chi connectivity index (χ1) is 7.54. The molecule has 0 unspecified atom stereocenters. The van der Waals surface area contributed by atoms with Gasteiger partial charge in [-0.2, -0.15) is 0 Å². The van der Waals surface area contributed by atoms with E-state index in [1.54, 1.807) is 0 Å². The van der Waals surface area contributed by atoms with Crippen LogP contribution in [-0.4, -0.2) is 15.0 Å². The summed E-state index contributed by atoms with van der Waals surface area (Å²) in [6.07, 6.45) is 8.60. The van der Waals surface area contributed by atoms with E-state index in [-0.39, 0.29) is 5.41 Å². The first-order valence-corrected chi connectivity index (χ1v) is 6.44. The summed E-state index contributed by atoms with van der Waals surface area (Å²) in [7, 11) is 0. The monoisotopic (exact) mass is 223 g/mol. The van der Waals surface area contributed by atoms with E-state index in [1.165, 1.54) is 32.1 Å². The van der Waals surface area contributed by atoms with E-state index in [2.05, 4.69) is 44.2 Å². The molecule has 0 atom stereocenters. The highest BCUT2D eigenvalue weighted by molar-refractivity contribution is 5.06. The van der Waals surface area contributed by atoms with Gasteiger partial charge in [0, 0.05) is 18.2 Å². The molecule has 0 spiro atoms. The largest absolute Gasteiger partial charge is 0.252 e. The first-order valence-electron chi connectivity index (χ1n) is 6.44. The molecule has 16 heavy (non-hydrogen) atoms. The van der Waals surface area contributed by atoms with Crippen molar-refractivity contribution in [3.63, 3.8) is 0 Å². The summed E-state index contributed by atoms with van der Waals surface area (Å²) in [5.74, 6) is 0. The van der Waals surface area contributed by atoms with Crippen LogP contribution < -0.4 is 0 Å². The molecule has 92 valence electrons. The highest BCUT2D eigenvalue weighted by Crippen LogP contribution is 2.18. The van der Waals surface area contributed by atoms with Gasteiger partial charge in [-0.15, -0.1) is 5.10 Å². The second-order valence-electron chi connectivity index (χ2n) is 5.53. The fourth-order valence-electron chi connectivity index (χ4n) is 1.63. The maximum atomic E-state index is 4.22. The molecule has 0 aliphatic carbocycles. The van der Waals surface area contributed by atoms with Crippen LogP contribution in [0.25, 0.3) is 0 Å². The third-order valence-corrected chi connectivity index (χ3v) is 2.80. The molecule has 1 rings (SSSR count). The van der Waals surface area contributed by atoms with Crippen LogP contribution in [0, 0.1) is 0 Å². The van der Waals surface area contributed by atoms with Gasteiger partial charge >= 0.3 is 0 Å². The Hall–Kier alpha value is -0.860. The molecular weight excluding hydrogens is 198 g/mol. The standard InChI is InChI=1S/C13H25N3/c1-5-6-7-8-9-10-16-11-12(14-15-16)13(2,3)4/h11H,5-10H2,1-4H3. The number of nitrogens with zero attached hydrogens (tertiary/aromatic N) is 3. The zero-order valence-electron chi connectivity index (χ0n) is 11.2. The Labute approximate surface area is 99.2 Å². The average molecular weight is 223 g/mol. The molecule has 3 heteroatoms. The summed E-state index contributed by atoms with van der Waals surface area (Å²) in [5, 5.41) is 8.38. The number of hydrogen-bond donors (Lipinski definition) is 0. The molecule has 0 aliphatic heterocycles. The quantitative estimate of drug-likeness (QED) is 0.690. The van der Waals surface area contributed by atoms with Crippen molar-refractivity contribution in [1.29, 1.82) is 0 Å². The maximum absolute atomic E-state index is 4.22. The van der Waals surface area contributed by atoms with E-state index in [0.717, 1.165) is 12.2 Å². The molecule has 0 amide bonds. The van der Waals surface area contributed by atoms with Gasteiger partial charge in [-0.1, -0.05) is 58.6 Å². The first kappa shape index (κ1) is 13.2. The predicted octanol–water partition coefficient (Wildman–Crippen LogP) is 3.55. The van der Waals surface area contributed by atoms with E-state index in [1.807, 2.05) is 4.68 Å². The van der Waals surface area contributed by atoms with Crippen molar-refractivity contribution < 1.29 is 0 Å². The van der Waals surface area contributed by atoms with Gasteiger partial charge in [0.15, 0.2) is 0 Å². The SMILES string of the molecule is CCCCCCCn1cc(C(C)(C)C)nn1. The van der Waals surface area contributed by atoms with Crippen molar-refractivity contribution in [2.24, 2.45) is 0 Å². The number of rotatable bonds is 6. The van der Waals surface area contributed by atoms with Crippen LogP contribution >= 0.6 is 0 Å². The highest BCUT2D eigenvalue weighted by atomic mass is 15.4. The van der Waals surface area contributed by atoms with Crippen molar-refractivity contribution in [3.05, 3.63) is 11.9 Å². The Morgan fingerprint density at radius 1 is 1.12 bits per heavy atom. The Balaban J connectivity index is 2.30. The molecule has 1 aromatic heterocycles. The molecule has 3 nitrogen and oxygen atoms in total. The Bertz CT molecular complexity index is 296. The van der Waals surface area contributed by atoms with Gasteiger partial charge in [0.05, 0.1) is 5.69 Å². The van der Waals surface area contributed by atoms with Crippen LogP contribution in [0.1, 0.15) is 65.5 Å². The second kappa shape index (κ2) is 6.02. The van der Waals surface area contributed by atoms with Gasteiger partial charge in [0.25, 0.3) is 0 Å². The Kier molecular flexibility index (Phi) is 4.97. The van der Waals surface area contributed by atoms with E-state index in [0.29, 0.717) is 0 Å². The fraction of sp³-hybridized carbons (Fsp3) is 0.846. The Morgan fingerprint density at radius 3 is 2.38 bits per heavy atom. The minimum atomic E-state index is 0.112. The van der Waals surface area contributed by atoms with Crippen LogP contribution in [0.2, 0.25) is 0 Å². The Morgan fingerprint density at radius 2 is 1.81 bits per heavy atom. The van der Waals surface area contributed by atoms with Crippen LogP contribution in [0.3, 0.4) is 0 Å².